The highest BCUT2D eigenvalue weighted by Crippen LogP contribution is 2.32. The molecule has 0 radical (unpaired) electrons. The molecule has 2 aromatic carbocycles. The number of halogens is 1. The van der Waals surface area contributed by atoms with Crippen LogP contribution in [0.4, 0.5) is 0 Å². The van der Waals surface area contributed by atoms with Gasteiger partial charge < -0.3 is 14.7 Å². The number of aromatic amines is 2. The first-order chi connectivity index (χ1) is 10.2. The molecular formula is C16H13ClN2O2. The van der Waals surface area contributed by atoms with Crippen molar-refractivity contribution >= 4 is 22.6 Å². The van der Waals surface area contributed by atoms with Crippen LogP contribution in [0.5, 0.6) is 0 Å². The minimum atomic E-state index is -0.251. The van der Waals surface area contributed by atoms with Gasteiger partial charge in [0.05, 0.1) is 29.6 Å². The first-order valence-electron chi connectivity index (χ1n) is 6.76. The van der Waals surface area contributed by atoms with E-state index in [0.717, 1.165) is 22.2 Å². The molecule has 4 nitrogen and oxygen atoms in total. The molecular weight excluding hydrogens is 288 g/mol. The van der Waals surface area contributed by atoms with Crippen LogP contribution in [-0.4, -0.2) is 9.97 Å². The number of benzene rings is 2. The van der Waals surface area contributed by atoms with Crippen LogP contribution in [0.25, 0.3) is 11.0 Å². The molecule has 3 aromatic rings. The van der Waals surface area contributed by atoms with Crippen LogP contribution in [0.1, 0.15) is 27.6 Å². The monoisotopic (exact) mass is 300 g/mol. The lowest BCUT2D eigenvalue weighted by Crippen LogP contribution is -1.99. The van der Waals surface area contributed by atoms with Crippen LogP contribution in [-0.2, 0) is 18.0 Å². The van der Waals surface area contributed by atoms with Crippen LogP contribution in [0.2, 0.25) is 0 Å². The van der Waals surface area contributed by atoms with Crippen molar-refractivity contribution in [1.82, 2.24) is 9.97 Å². The number of nitrogens with one attached hydrogen (secondary N) is 2. The predicted molar refractivity (Wildman–Crippen MR) is 81.6 cm³/mol. The Bertz CT molecular complexity index is 881. The van der Waals surface area contributed by atoms with Crippen molar-refractivity contribution in [3.8, 4) is 0 Å². The summed E-state index contributed by atoms with van der Waals surface area (Å²) in [4.78, 5) is 16.8. The third kappa shape index (κ3) is 2.17. The van der Waals surface area contributed by atoms with Crippen molar-refractivity contribution in [3.63, 3.8) is 0 Å². The van der Waals surface area contributed by atoms with E-state index in [-0.39, 0.29) is 11.1 Å². The number of alkyl halides is 1. The Balaban J connectivity index is 1.75. The molecule has 5 heteroatoms. The van der Waals surface area contributed by atoms with Gasteiger partial charge in [-0.1, -0.05) is 24.3 Å². The van der Waals surface area contributed by atoms with Gasteiger partial charge in [-0.25, -0.2) is 4.79 Å². The van der Waals surface area contributed by atoms with E-state index < -0.39 is 0 Å². The maximum Gasteiger partial charge on any atom is 0.323 e. The average Bonchev–Trinajstić information content (AvgIpc) is 3.09. The summed E-state index contributed by atoms with van der Waals surface area (Å²) < 4.78 is 5.43. The zero-order valence-corrected chi connectivity index (χ0v) is 11.9. The van der Waals surface area contributed by atoms with E-state index in [2.05, 4.69) is 22.1 Å². The zero-order valence-electron chi connectivity index (χ0n) is 11.2. The summed E-state index contributed by atoms with van der Waals surface area (Å²) in [7, 11) is 0. The number of aromatic nitrogens is 2. The van der Waals surface area contributed by atoms with Crippen molar-refractivity contribution in [2.45, 2.75) is 18.6 Å². The minimum absolute atomic E-state index is 0.206. The van der Waals surface area contributed by atoms with Crippen molar-refractivity contribution in [1.29, 1.82) is 0 Å². The molecule has 2 heterocycles. The van der Waals surface area contributed by atoms with Gasteiger partial charge in [0.2, 0.25) is 0 Å². The Kier molecular flexibility index (Phi) is 2.87. The summed E-state index contributed by atoms with van der Waals surface area (Å²) >= 11 is 6.60. The molecule has 21 heavy (non-hydrogen) atoms. The molecule has 2 N–H and O–H groups in total. The molecule has 0 saturated heterocycles. The van der Waals surface area contributed by atoms with Crippen LogP contribution >= 0.6 is 11.6 Å². The van der Waals surface area contributed by atoms with Gasteiger partial charge in [-0.15, -0.1) is 11.6 Å². The largest absolute Gasteiger partial charge is 0.372 e. The Morgan fingerprint density at radius 1 is 0.952 bits per heavy atom. The van der Waals surface area contributed by atoms with Crippen molar-refractivity contribution in [2.24, 2.45) is 0 Å². The van der Waals surface area contributed by atoms with Crippen LogP contribution in [0.3, 0.4) is 0 Å². The fourth-order valence-corrected chi connectivity index (χ4v) is 3.02. The molecule has 0 fully saturated rings. The number of fused-ring (bicyclic) bond motifs is 2. The van der Waals surface area contributed by atoms with E-state index in [0.29, 0.717) is 13.2 Å². The summed E-state index contributed by atoms with van der Waals surface area (Å²) in [6, 6.07) is 11.9. The van der Waals surface area contributed by atoms with Crippen LogP contribution < -0.4 is 5.69 Å². The number of rotatable bonds is 2. The highest BCUT2D eigenvalue weighted by Gasteiger charge is 2.16. The van der Waals surface area contributed by atoms with Crippen molar-refractivity contribution in [3.05, 3.63) is 69.1 Å². The normalized spacial score (nSPS) is 15.3. The molecule has 0 aliphatic carbocycles. The van der Waals surface area contributed by atoms with Crippen molar-refractivity contribution < 1.29 is 4.74 Å². The molecule has 0 saturated carbocycles. The van der Waals surface area contributed by atoms with Gasteiger partial charge in [0, 0.05) is 0 Å². The molecule has 1 aliphatic rings. The number of hydrogen-bond donors (Lipinski definition) is 2. The molecule has 0 spiro atoms. The van der Waals surface area contributed by atoms with E-state index in [9.17, 15) is 4.79 Å². The van der Waals surface area contributed by atoms with Gasteiger partial charge in [0.1, 0.15) is 0 Å². The molecule has 1 aromatic heterocycles. The molecule has 0 bridgehead atoms. The van der Waals surface area contributed by atoms with Gasteiger partial charge in [0.25, 0.3) is 0 Å². The molecule has 1 unspecified atom stereocenters. The first-order valence-corrected chi connectivity index (χ1v) is 7.20. The third-order valence-corrected chi connectivity index (χ3v) is 4.37. The lowest BCUT2D eigenvalue weighted by atomic mass is 10.00. The highest BCUT2D eigenvalue weighted by atomic mass is 35.5. The quantitative estimate of drug-likeness (QED) is 0.714. The lowest BCUT2D eigenvalue weighted by Gasteiger charge is -2.12. The molecule has 106 valence electrons. The molecule has 1 atom stereocenters. The first kappa shape index (κ1) is 12.7. The molecule has 1 aliphatic heterocycles. The van der Waals surface area contributed by atoms with Gasteiger partial charge >= 0.3 is 5.69 Å². The fraction of sp³-hybridized carbons (Fsp3) is 0.188. The number of imidazole rings is 1. The SMILES string of the molecule is O=c1[nH]c2ccc(C(Cl)c3ccc4c(c3)COC4)cc2[nH]1. The van der Waals surface area contributed by atoms with E-state index in [1.807, 2.05) is 24.3 Å². The van der Waals surface area contributed by atoms with E-state index >= 15 is 0 Å². The van der Waals surface area contributed by atoms with Gasteiger partial charge in [-0.05, 0) is 34.4 Å². The second-order valence-corrected chi connectivity index (χ2v) is 5.70. The summed E-state index contributed by atoms with van der Waals surface area (Å²) in [5.41, 5.74) is 5.78. The summed E-state index contributed by atoms with van der Waals surface area (Å²) in [6.45, 7) is 1.33. The Hall–Kier alpha value is -2.04. The second kappa shape index (κ2) is 4.76. The Morgan fingerprint density at radius 2 is 1.67 bits per heavy atom. The smallest absolute Gasteiger partial charge is 0.323 e. The molecule has 0 amide bonds. The Morgan fingerprint density at radius 3 is 2.57 bits per heavy atom. The average molecular weight is 301 g/mol. The summed E-state index contributed by atoms with van der Waals surface area (Å²) in [5.74, 6) is 0. The third-order valence-electron chi connectivity index (χ3n) is 3.87. The molecule has 4 rings (SSSR count). The number of ether oxygens (including phenoxy) is 1. The van der Waals surface area contributed by atoms with Gasteiger partial charge in [-0.2, -0.15) is 0 Å². The topological polar surface area (TPSA) is 57.9 Å². The Labute approximate surface area is 125 Å². The highest BCUT2D eigenvalue weighted by molar-refractivity contribution is 6.22. The van der Waals surface area contributed by atoms with E-state index in [4.69, 9.17) is 16.3 Å². The number of hydrogen-bond acceptors (Lipinski definition) is 2. The standard InChI is InChI=1S/C16H13ClN2O2/c17-15(9-1-2-11-7-21-8-12(11)5-9)10-3-4-13-14(6-10)19-16(20)18-13/h1-6,15H,7-8H2,(H2,18,19,20). The maximum absolute atomic E-state index is 11.3. The van der Waals surface area contributed by atoms with Crippen LogP contribution in [0, 0.1) is 0 Å². The number of H-pyrrole nitrogens is 2. The maximum atomic E-state index is 11.3. The fourth-order valence-electron chi connectivity index (χ4n) is 2.75. The minimum Gasteiger partial charge on any atom is -0.372 e. The summed E-state index contributed by atoms with van der Waals surface area (Å²) in [5, 5.41) is -0.251. The zero-order chi connectivity index (χ0) is 14.4. The lowest BCUT2D eigenvalue weighted by molar-refractivity contribution is 0.134. The summed E-state index contributed by atoms with van der Waals surface area (Å²) in [6.07, 6.45) is 0. The van der Waals surface area contributed by atoms with E-state index in [1.54, 1.807) is 0 Å². The van der Waals surface area contributed by atoms with Gasteiger partial charge in [-0.3, -0.25) is 0 Å². The van der Waals surface area contributed by atoms with E-state index in [1.165, 1.54) is 11.1 Å². The van der Waals surface area contributed by atoms with Crippen molar-refractivity contribution in [2.75, 3.05) is 0 Å². The van der Waals surface area contributed by atoms with Gasteiger partial charge in [0.15, 0.2) is 0 Å². The predicted octanol–water partition coefficient (Wildman–Crippen LogP) is 3.21. The second-order valence-electron chi connectivity index (χ2n) is 5.27. The van der Waals surface area contributed by atoms with Crippen LogP contribution in [0.15, 0.2) is 41.2 Å².